The third-order valence-electron chi connectivity index (χ3n) is 3.85. The number of ether oxygens (including phenoxy) is 1. The van der Waals surface area contributed by atoms with Crippen molar-refractivity contribution in [2.24, 2.45) is 16.5 Å². The first-order chi connectivity index (χ1) is 12.7. The molecule has 27 heavy (non-hydrogen) atoms. The Kier molecular flexibility index (Phi) is 8.78. The number of urea groups is 1. The largest absolute Gasteiger partial charge is 0.478 e. The van der Waals surface area contributed by atoms with Crippen molar-refractivity contribution in [2.45, 2.75) is 50.2 Å². The molecule has 0 saturated heterocycles. The lowest BCUT2D eigenvalue weighted by molar-refractivity contribution is -0.144. The van der Waals surface area contributed by atoms with Crippen LogP contribution in [0.4, 0.5) is 4.79 Å². The van der Waals surface area contributed by atoms with Gasteiger partial charge in [0.1, 0.15) is 12.2 Å². The van der Waals surface area contributed by atoms with Crippen molar-refractivity contribution in [3.8, 4) is 0 Å². The number of nitrogens with zero attached hydrogens (tertiary/aromatic N) is 1. The number of nitrogens with one attached hydrogen (secondary N) is 2. The number of unbranched alkanes of at least 4 members (excludes halogenated alkanes) is 1. The molecular formula is C15H27N5O7. The molecule has 0 spiro atoms. The Morgan fingerprint density at radius 2 is 2.04 bits per heavy atom. The SMILES string of the molecule is CCCCNC(=O)N[C@H]1[C@H]([C@H](O)[C@H](O)CO)OC(C(=O)O)=C[C@@H]1N=C(N)N. The minimum absolute atomic E-state index is 0.378. The van der Waals surface area contributed by atoms with Crippen LogP contribution in [0.2, 0.25) is 0 Å². The van der Waals surface area contributed by atoms with Gasteiger partial charge in [-0.2, -0.15) is 0 Å². The predicted octanol–water partition coefficient (Wildman–Crippen LogP) is -2.82. The molecule has 0 unspecified atom stereocenters. The fourth-order valence-corrected chi connectivity index (χ4v) is 2.48. The van der Waals surface area contributed by atoms with Crippen LogP contribution in [0.15, 0.2) is 16.8 Å². The maximum absolute atomic E-state index is 12.1. The van der Waals surface area contributed by atoms with Crippen LogP contribution in [0, 0.1) is 0 Å². The van der Waals surface area contributed by atoms with Crippen LogP contribution in [0.1, 0.15) is 19.8 Å². The smallest absolute Gasteiger partial charge is 0.370 e. The zero-order valence-corrected chi connectivity index (χ0v) is 14.9. The molecule has 5 atom stereocenters. The Balaban J connectivity index is 3.17. The Bertz CT molecular complexity index is 579. The third-order valence-corrected chi connectivity index (χ3v) is 3.85. The number of carbonyl (C=O) groups excluding carboxylic acids is 1. The number of guanidine groups is 1. The van der Waals surface area contributed by atoms with Crippen molar-refractivity contribution >= 4 is 18.0 Å². The average Bonchev–Trinajstić information content (AvgIpc) is 2.61. The van der Waals surface area contributed by atoms with Crippen LogP contribution in [0.3, 0.4) is 0 Å². The maximum Gasteiger partial charge on any atom is 0.370 e. The molecule has 1 aliphatic rings. The summed E-state index contributed by atoms with van der Waals surface area (Å²) in [5, 5.41) is 43.4. The second kappa shape index (κ2) is 10.5. The van der Waals surface area contributed by atoms with E-state index in [0.717, 1.165) is 18.9 Å². The second-order valence-corrected chi connectivity index (χ2v) is 5.98. The van der Waals surface area contributed by atoms with Gasteiger partial charge in [0, 0.05) is 6.54 Å². The van der Waals surface area contributed by atoms with E-state index in [2.05, 4.69) is 15.6 Å². The highest BCUT2D eigenvalue weighted by atomic mass is 16.5. The Morgan fingerprint density at radius 3 is 2.56 bits per heavy atom. The fourth-order valence-electron chi connectivity index (χ4n) is 2.48. The number of aliphatic hydroxyl groups excluding tert-OH is 3. The molecule has 12 nitrogen and oxygen atoms in total. The number of nitrogens with two attached hydrogens (primary N) is 2. The van der Waals surface area contributed by atoms with Gasteiger partial charge in [0.05, 0.1) is 18.7 Å². The van der Waals surface area contributed by atoms with E-state index in [-0.39, 0.29) is 5.96 Å². The molecule has 2 amide bonds. The summed E-state index contributed by atoms with van der Waals surface area (Å²) in [6.07, 6.45) is -2.13. The zero-order chi connectivity index (χ0) is 20.6. The molecule has 0 radical (unpaired) electrons. The normalized spacial score (nSPS) is 24.0. The number of aliphatic imine (C=N–C) groups is 1. The lowest BCUT2D eigenvalue weighted by Gasteiger charge is -2.38. The first-order valence-corrected chi connectivity index (χ1v) is 8.43. The molecule has 0 saturated carbocycles. The molecule has 10 N–H and O–H groups in total. The molecule has 0 fully saturated rings. The summed E-state index contributed by atoms with van der Waals surface area (Å²) in [7, 11) is 0. The number of hydrogen-bond acceptors (Lipinski definition) is 7. The van der Waals surface area contributed by atoms with E-state index in [1.807, 2.05) is 6.92 Å². The summed E-state index contributed by atoms with van der Waals surface area (Å²) >= 11 is 0. The van der Waals surface area contributed by atoms with E-state index in [9.17, 15) is 24.9 Å². The highest BCUT2D eigenvalue weighted by Gasteiger charge is 2.44. The molecule has 0 aromatic carbocycles. The van der Waals surface area contributed by atoms with Gasteiger partial charge < -0.3 is 47.3 Å². The number of aliphatic hydroxyl groups is 3. The highest BCUT2D eigenvalue weighted by Crippen LogP contribution is 2.24. The van der Waals surface area contributed by atoms with Crippen LogP contribution >= 0.6 is 0 Å². The van der Waals surface area contributed by atoms with Gasteiger partial charge in [-0.25, -0.2) is 14.6 Å². The molecule has 154 valence electrons. The van der Waals surface area contributed by atoms with Crippen molar-refractivity contribution in [2.75, 3.05) is 13.2 Å². The van der Waals surface area contributed by atoms with E-state index in [0.29, 0.717) is 6.54 Å². The summed E-state index contributed by atoms with van der Waals surface area (Å²) < 4.78 is 5.23. The number of aliphatic carboxylic acids is 1. The minimum atomic E-state index is -1.73. The van der Waals surface area contributed by atoms with E-state index >= 15 is 0 Å². The minimum Gasteiger partial charge on any atom is -0.478 e. The van der Waals surface area contributed by atoms with Crippen molar-refractivity contribution in [3.63, 3.8) is 0 Å². The van der Waals surface area contributed by atoms with Crippen LogP contribution in [0.25, 0.3) is 0 Å². The molecular weight excluding hydrogens is 362 g/mol. The predicted molar refractivity (Wildman–Crippen MR) is 94.5 cm³/mol. The lowest BCUT2D eigenvalue weighted by atomic mass is 9.92. The van der Waals surface area contributed by atoms with Crippen LogP contribution in [0.5, 0.6) is 0 Å². The first-order valence-electron chi connectivity index (χ1n) is 8.43. The number of carboxylic acid groups (broad SMARTS) is 1. The van der Waals surface area contributed by atoms with Crippen LogP contribution < -0.4 is 22.1 Å². The number of rotatable bonds is 9. The summed E-state index contributed by atoms with van der Waals surface area (Å²) in [6.45, 7) is 1.53. The Labute approximate surface area is 155 Å². The Morgan fingerprint density at radius 1 is 1.37 bits per heavy atom. The van der Waals surface area contributed by atoms with E-state index < -0.39 is 54.8 Å². The quantitative estimate of drug-likeness (QED) is 0.116. The molecule has 0 aliphatic carbocycles. The molecule has 0 aromatic rings. The highest BCUT2D eigenvalue weighted by molar-refractivity contribution is 5.85. The lowest BCUT2D eigenvalue weighted by Crippen LogP contribution is -2.61. The van der Waals surface area contributed by atoms with Gasteiger partial charge in [-0.15, -0.1) is 0 Å². The number of hydrogen-bond donors (Lipinski definition) is 8. The monoisotopic (exact) mass is 389 g/mol. The van der Waals surface area contributed by atoms with Crippen molar-refractivity contribution < 1.29 is 34.8 Å². The average molecular weight is 389 g/mol. The van der Waals surface area contributed by atoms with Crippen molar-refractivity contribution in [1.29, 1.82) is 0 Å². The topological polar surface area (TPSA) is 213 Å². The molecule has 0 aromatic heterocycles. The van der Waals surface area contributed by atoms with Gasteiger partial charge >= 0.3 is 12.0 Å². The molecule has 1 rings (SSSR count). The molecule has 0 bridgehead atoms. The maximum atomic E-state index is 12.1. The van der Waals surface area contributed by atoms with Gasteiger partial charge in [-0.1, -0.05) is 13.3 Å². The molecule has 1 heterocycles. The fraction of sp³-hybridized carbons (Fsp3) is 0.667. The van der Waals surface area contributed by atoms with Gasteiger partial charge in [-0.3, -0.25) is 0 Å². The molecule has 12 heteroatoms. The number of carbonyl (C=O) groups is 2. The Hall–Kier alpha value is -2.57. The third kappa shape index (κ3) is 6.58. The number of amides is 2. The van der Waals surface area contributed by atoms with Gasteiger partial charge in [0.25, 0.3) is 0 Å². The van der Waals surface area contributed by atoms with E-state index in [1.165, 1.54) is 0 Å². The van der Waals surface area contributed by atoms with Gasteiger partial charge in [-0.05, 0) is 12.5 Å². The number of carboxylic acids is 1. The van der Waals surface area contributed by atoms with Crippen molar-refractivity contribution in [1.82, 2.24) is 10.6 Å². The van der Waals surface area contributed by atoms with E-state index in [4.69, 9.17) is 21.3 Å². The van der Waals surface area contributed by atoms with Gasteiger partial charge in [0.2, 0.25) is 5.76 Å². The van der Waals surface area contributed by atoms with Crippen LogP contribution in [-0.4, -0.2) is 81.9 Å². The van der Waals surface area contributed by atoms with Gasteiger partial charge in [0.15, 0.2) is 12.1 Å². The van der Waals surface area contributed by atoms with E-state index in [1.54, 1.807) is 0 Å². The standard InChI is InChI=1S/C15H27N5O7/c1-2-3-4-18-15(26)20-10-7(19-14(16)17)5-9(13(24)25)27-12(10)11(23)8(22)6-21/h5,7-8,10-12,21-23H,2-4,6H2,1H3,(H,24,25)(H4,16,17,19)(H2,18,20,26)/t7-,8+,10+,11+,12+/m0/s1. The summed E-state index contributed by atoms with van der Waals surface area (Å²) in [4.78, 5) is 27.3. The second-order valence-electron chi connectivity index (χ2n) is 5.98. The van der Waals surface area contributed by atoms with Crippen LogP contribution in [-0.2, 0) is 9.53 Å². The summed E-state index contributed by atoms with van der Waals surface area (Å²) in [5.41, 5.74) is 10.7. The first kappa shape index (κ1) is 22.5. The molecule has 1 aliphatic heterocycles. The summed E-state index contributed by atoms with van der Waals surface area (Å²) in [5.74, 6) is -2.40. The zero-order valence-electron chi connectivity index (χ0n) is 14.9. The summed E-state index contributed by atoms with van der Waals surface area (Å²) in [6, 6.07) is -2.82. The van der Waals surface area contributed by atoms with Crippen molar-refractivity contribution in [3.05, 3.63) is 11.8 Å².